The monoisotopic (exact) mass is 432 g/mol. The standard InChI is InChI=1S/C22H21ClN8/c1-29-9-15-16(28-29)3-2-13(18(15)23)14-8-26-19-17(14)20-25-5-7-31(20)21(27-19)30-6-4-22(12-30)10-24-11-22/h2-3,5,7-9,24,26H,4,6,10-12H2,1H3. The number of aromatic nitrogens is 6. The topological polar surface area (TPSA) is 79.1 Å². The van der Waals surface area contributed by atoms with Crippen LogP contribution in [0, 0.1) is 5.41 Å². The zero-order valence-corrected chi connectivity index (χ0v) is 17.8. The number of halogens is 1. The van der Waals surface area contributed by atoms with Crippen LogP contribution in [0.3, 0.4) is 0 Å². The molecule has 0 atom stereocenters. The second kappa shape index (κ2) is 5.99. The second-order valence-corrected chi connectivity index (χ2v) is 9.27. The summed E-state index contributed by atoms with van der Waals surface area (Å²) in [7, 11) is 1.91. The molecule has 2 fully saturated rings. The highest BCUT2D eigenvalue weighted by molar-refractivity contribution is 6.38. The molecule has 2 aliphatic rings. The number of nitrogens with one attached hydrogen (secondary N) is 2. The molecule has 6 heterocycles. The third-order valence-corrected chi connectivity index (χ3v) is 7.31. The Morgan fingerprint density at radius 3 is 2.90 bits per heavy atom. The van der Waals surface area contributed by atoms with Gasteiger partial charge in [0.2, 0.25) is 5.95 Å². The summed E-state index contributed by atoms with van der Waals surface area (Å²) in [6.45, 7) is 4.25. The first-order valence-corrected chi connectivity index (χ1v) is 10.9. The molecule has 2 N–H and O–H groups in total. The van der Waals surface area contributed by atoms with E-state index in [0.29, 0.717) is 10.4 Å². The van der Waals surface area contributed by atoms with Crippen molar-refractivity contribution in [1.82, 2.24) is 34.4 Å². The van der Waals surface area contributed by atoms with Crippen LogP contribution in [-0.2, 0) is 7.05 Å². The van der Waals surface area contributed by atoms with Crippen molar-refractivity contribution >= 4 is 45.1 Å². The summed E-state index contributed by atoms with van der Waals surface area (Å²) >= 11 is 6.83. The second-order valence-electron chi connectivity index (χ2n) is 8.90. The highest BCUT2D eigenvalue weighted by atomic mass is 35.5. The molecule has 0 unspecified atom stereocenters. The van der Waals surface area contributed by atoms with Crippen molar-refractivity contribution in [2.45, 2.75) is 6.42 Å². The van der Waals surface area contributed by atoms with Gasteiger partial charge in [0.25, 0.3) is 0 Å². The van der Waals surface area contributed by atoms with E-state index in [4.69, 9.17) is 21.6 Å². The first-order valence-electron chi connectivity index (χ1n) is 10.5. The SMILES string of the molecule is Cn1cc2c(Cl)c(-c3c[nH]c4nc(N5CCC6(CNC6)C5)n5ccnc5c34)ccc2n1. The van der Waals surface area contributed by atoms with Crippen molar-refractivity contribution in [2.75, 3.05) is 31.1 Å². The quantitative estimate of drug-likeness (QED) is 0.448. The summed E-state index contributed by atoms with van der Waals surface area (Å²) in [6.07, 6.45) is 8.99. The van der Waals surface area contributed by atoms with Crippen LogP contribution in [0.4, 0.5) is 5.95 Å². The number of nitrogens with zero attached hydrogens (tertiary/aromatic N) is 6. The average molecular weight is 433 g/mol. The predicted molar refractivity (Wildman–Crippen MR) is 122 cm³/mol. The lowest BCUT2D eigenvalue weighted by atomic mass is 9.81. The molecule has 9 heteroatoms. The smallest absolute Gasteiger partial charge is 0.213 e. The minimum Gasteiger partial charge on any atom is -0.345 e. The summed E-state index contributed by atoms with van der Waals surface area (Å²) in [5.74, 6) is 0.950. The van der Waals surface area contributed by atoms with Crippen molar-refractivity contribution < 1.29 is 0 Å². The van der Waals surface area contributed by atoms with E-state index in [1.165, 1.54) is 6.42 Å². The van der Waals surface area contributed by atoms with Gasteiger partial charge in [-0.25, -0.2) is 4.98 Å². The molecule has 31 heavy (non-hydrogen) atoms. The van der Waals surface area contributed by atoms with E-state index in [-0.39, 0.29) is 0 Å². The molecule has 1 spiro atoms. The van der Waals surface area contributed by atoms with E-state index < -0.39 is 0 Å². The van der Waals surface area contributed by atoms with Crippen molar-refractivity contribution in [3.63, 3.8) is 0 Å². The van der Waals surface area contributed by atoms with Gasteiger partial charge in [0.1, 0.15) is 5.65 Å². The summed E-state index contributed by atoms with van der Waals surface area (Å²) in [5.41, 5.74) is 4.97. The minimum absolute atomic E-state index is 0.400. The van der Waals surface area contributed by atoms with Gasteiger partial charge in [-0.05, 0) is 12.5 Å². The molecule has 156 valence electrons. The first-order chi connectivity index (χ1) is 15.1. The molecule has 1 aromatic carbocycles. The maximum atomic E-state index is 6.83. The van der Waals surface area contributed by atoms with Gasteiger partial charge < -0.3 is 15.2 Å². The number of hydrogen-bond donors (Lipinski definition) is 2. The van der Waals surface area contributed by atoms with E-state index in [9.17, 15) is 0 Å². The van der Waals surface area contributed by atoms with Gasteiger partial charge >= 0.3 is 0 Å². The van der Waals surface area contributed by atoms with Gasteiger partial charge in [-0.1, -0.05) is 17.7 Å². The molecule has 5 aromatic rings. The van der Waals surface area contributed by atoms with Crippen molar-refractivity contribution in [1.29, 1.82) is 0 Å². The molecule has 0 aliphatic carbocycles. The van der Waals surface area contributed by atoms with Crippen LogP contribution in [0.2, 0.25) is 5.02 Å². The summed E-state index contributed by atoms with van der Waals surface area (Å²) in [4.78, 5) is 15.5. The molecule has 0 bridgehead atoms. The molecular weight excluding hydrogens is 412 g/mol. The minimum atomic E-state index is 0.400. The fraction of sp³-hybridized carbons (Fsp3) is 0.318. The van der Waals surface area contributed by atoms with Crippen LogP contribution in [0.5, 0.6) is 0 Å². The number of benzene rings is 1. The normalized spacial score (nSPS) is 18.1. The van der Waals surface area contributed by atoms with E-state index in [1.807, 2.05) is 44.0 Å². The maximum Gasteiger partial charge on any atom is 0.213 e. The van der Waals surface area contributed by atoms with E-state index in [0.717, 1.165) is 70.8 Å². The fourth-order valence-corrected chi connectivity index (χ4v) is 5.54. The lowest BCUT2D eigenvalue weighted by Gasteiger charge is -2.39. The molecule has 4 aromatic heterocycles. The van der Waals surface area contributed by atoms with Gasteiger partial charge in [-0.3, -0.25) is 9.08 Å². The Bertz CT molecular complexity index is 1490. The molecule has 8 nitrogen and oxygen atoms in total. The van der Waals surface area contributed by atoms with Crippen LogP contribution >= 0.6 is 11.6 Å². The van der Waals surface area contributed by atoms with Gasteiger partial charge in [0.15, 0.2) is 5.65 Å². The Balaban J connectivity index is 1.42. The maximum absolute atomic E-state index is 6.83. The Hall–Kier alpha value is -3.10. The van der Waals surface area contributed by atoms with Crippen molar-refractivity contribution in [3.05, 3.63) is 41.9 Å². The number of anilines is 1. The molecule has 0 amide bonds. The van der Waals surface area contributed by atoms with Crippen molar-refractivity contribution in [3.8, 4) is 11.1 Å². The van der Waals surface area contributed by atoms with Crippen LogP contribution in [-0.4, -0.2) is 55.3 Å². The van der Waals surface area contributed by atoms with Crippen molar-refractivity contribution in [2.24, 2.45) is 12.5 Å². The number of H-pyrrole nitrogens is 1. The number of aromatic amines is 1. The van der Waals surface area contributed by atoms with E-state index in [2.05, 4.69) is 24.7 Å². The Kier molecular flexibility index (Phi) is 3.39. The highest BCUT2D eigenvalue weighted by Crippen LogP contribution is 2.40. The molecule has 2 aliphatic heterocycles. The number of hydrogen-bond acceptors (Lipinski definition) is 5. The Morgan fingerprint density at radius 2 is 2.10 bits per heavy atom. The van der Waals surface area contributed by atoms with Crippen LogP contribution in [0.1, 0.15) is 6.42 Å². The van der Waals surface area contributed by atoms with Crippen LogP contribution in [0.25, 0.3) is 38.7 Å². The van der Waals surface area contributed by atoms with E-state index >= 15 is 0 Å². The number of rotatable bonds is 2. The predicted octanol–water partition coefficient (Wildman–Crippen LogP) is 3.22. The Labute approximate surface area is 182 Å². The summed E-state index contributed by atoms with van der Waals surface area (Å²) in [5, 5.41) is 10.5. The zero-order valence-electron chi connectivity index (χ0n) is 17.1. The third-order valence-electron chi connectivity index (χ3n) is 6.90. The van der Waals surface area contributed by atoms with Crippen LogP contribution in [0.15, 0.2) is 36.9 Å². The van der Waals surface area contributed by atoms with Gasteiger partial charge in [0.05, 0.1) is 15.9 Å². The number of imidazole rings is 1. The molecule has 0 saturated carbocycles. The lowest BCUT2D eigenvalue weighted by molar-refractivity contribution is 0.199. The van der Waals surface area contributed by atoms with Crippen LogP contribution < -0.4 is 10.2 Å². The zero-order chi connectivity index (χ0) is 20.7. The largest absolute Gasteiger partial charge is 0.345 e. The van der Waals surface area contributed by atoms with Gasteiger partial charge in [-0.15, -0.1) is 0 Å². The summed E-state index contributed by atoms with van der Waals surface area (Å²) < 4.78 is 3.90. The number of fused-ring (bicyclic) bond motifs is 4. The first kappa shape index (κ1) is 17.6. The van der Waals surface area contributed by atoms with E-state index in [1.54, 1.807) is 4.68 Å². The van der Waals surface area contributed by atoms with Gasteiger partial charge in [-0.2, -0.15) is 10.1 Å². The molecular formula is C22H21ClN8. The lowest BCUT2D eigenvalue weighted by Crippen LogP contribution is -2.54. The molecule has 7 rings (SSSR count). The summed E-state index contributed by atoms with van der Waals surface area (Å²) in [6, 6.07) is 4.04. The average Bonchev–Trinajstić information content (AvgIpc) is 3.50. The number of aryl methyl sites for hydroxylation is 1. The molecule has 2 saturated heterocycles. The third kappa shape index (κ3) is 2.37. The highest BCUT2D eigenvalue weighted by Gasteiger charge is 2.44. The fourth-order valence-electron chi connectivity index (χ4n) is 5.23. The molecule has 0 radical (unpaired) electrons. The Morgan fingerprint density at radius 1 is 1.19 bits per heavy atom. The van der Waals surface area contributed by atoms with Gasteiger partial charge in [0, 0.05) is 79.9 Å².